The average molecular weight is 646 g/mol. The van der Waals surface area contributed by atoms with Crippen molar-refractivity contribution < 1.29 is 29.0 Å². The highest BCUT2D eigenvalue weighted by molar-refractivity contribution is 9.09. The van der Waals surface area contributed by atoms with Crippen molar-refractivity contribution in [3.63, 3.8) is 0 Å². The molecule has 4 heterocycles. The summed E-state index contributed by atoms with van der Waals surface area (Å²) in [4.78, 5) is 49.9. The fourth-order valence-electron chi connectivity index (χ4n) is 7.24. The molecule has 2 bridgehead atoms. The first kappa shape index (κ1) is 30.9. The zero-order valence-corrected chi connectivity index (χ0v) is 25.7. The van der Waals surface area contributed by atoms with Gasteiger partial charge in [0.2, 0.25) is 17.7 Å². The molecule has 0 saturated carbocycles. The number of aliphatic hydroxyl groups is 1. The van der Waals surface area contributed by atoms with E-state index in [0.29, 0.717) is 51.4 Å². The molecule has 0 radical (unpaired) electrons. The van der Waals surface area contributed by atoms with Gasteiger partial charge in [-0.3, -0.25) is 19.3 Å². The van der Waals surface area contributed by atoms with E-state index in [0.717, 1.165) is 13.1 Å². The molecule has 3 amide bonds. The van der Waals surface area contributed by atoms with E-state index in [1.54, 1.807) is 29.0 Å². The monoisotopic (exact) mass is 644 g/mol. The van der Waals surface area contributed by atoms with Crippen molar-refractivity contribution >= 4 is 33.7 Å². The number of morpholine rings is 1. The van der Waals surface area contributed by atoms with Crippen LogP contribution in [0, 0.1) is 11.8 Å². The number of alkyl halides is 1. The molecule has 228 valence electrons. The lowest BCUT2D eigenvalue weighted by molar-refractivity contribution is -0.152. The third-order valence-corrected chi connectivity index (χ3v) is 10.0. The minimum absolute atomic E-state index is 0.214. The number of fused-ring (bicyclic) bond motifs is 1. The predicted molar refractivity (Wildman–Crippen MR) is 161 cm³/mol. The van der Waals surface area contributed by atoms with Crippen molar-refractivity contribution in [2.45, 2.75) is 35.0 Å². The Hall–Kier alpha value is -2.57. The smallest absolute Gasteiger partial charge is 0.248 e. The second kappa shape index (κ2) is 13.0. The van der Waals surface area contributed by atoms with Gasteiger partial charge in [0.15, 0.2) is 0 Å². The van der Waals surface area contributed by atoms with Gasteiger partial charge >= 0.3 is 0 Å². The van der Waals surface area contributed by atoms with Gasteiger partial charge in [0.25, 0.3) is 0 Å². The first-order valence-corrected chi connectivity index (χ1v) is 15.6. The number of likely N-dealkylation sites (tertiary alicyclic amines) is 1. The van der Waals surface area contributed by atoms with Crippen LogP contribution in [0.1, 0.15) is 18.0 Å². The topological polar surface area (TPSA) is 103 Å². The molecule has 1 aromatic rings. The molecular formula is C31H41BrN4O6. The number of likely N-dealkylation sites (N-methyl/N-ethyl adjacent to an activating group) is 1. The Bertz CT molecular complexity index is 1180. The highest BCUT2D eigenvalue weighted by Gasteiger charge is 2.77. The molecule has 4 fully saturated rings. The van der Waals surface area contributed by atoms with Crippen LogP contribution in [0.2, 0.25) is 0 Å². The highest BCUT2D eigenvalue weighted by atomic mass is 79.9. The van der Waals surface area contributed by atoms with E-state index in [1.165, 1.54) is 4.90 Å². The molecular weight excluding hydrogens is 604 g/mol. The molecule has 42 heavy (non-hydrogen) atoms. The van der Waals surface area contributed by atoms with Crippen molar-refractivity contribution in [3.05, 3.63) is 61.2 Å². The maximum absolute atomic E-state index is 14.7. The van der Waals surface area contributed by atoms with Gasteiger partial charge in [-0.1, -0.05) is 58.4 Å². The van der Waals surface area contributed by atoms with Gasteiger partial charge in [-0.2, -0.15) is 0 Å². The van der Waals surface area contributed by atoms with E-state index in [2.05, 4.69) is 34.0 Å². The first-order valence-electron chi connectivity index (χ1n) is 14.6. The van der Waals surface area contributed by atoms with Gasteiger partial charge in [-0.25, -0.2) is 0 Å². The summed E-state index contributed by atoms with van der Waals surface area (Å²) in [5.74, 6) is -2.44. The van der Waals surface area contributed by atoms with Crippen molar-refractivity contribution in [2.24, 2.45) is 11.8 Å². The van der Waals surface area contributed by atoms with Crippen LogP contribution in [0.25, 0.3) is 0 Å². The Balaban J connectivity index is 1.55. The van der Waals surface area contributed by atoms with Crippen LogP contribution in [0.4, 0.5) is 0 Å². The van der Waals surface area contributed by atoms with Crippen LogP contribution in [-0.4, -0.2) is 131 Å². The summed E-state index contributed by atoms with van der Waals surface area (Å²) in [6, 6.07) is 7.42. The van der Waals surface area contributed by atoms with E-state index < -0.39 is 35.6 Å². The number of aliphatic hydroxyl groups excluding tert-OH is 1. The molecule has 7 atom stereocenters. The summed E-state index contributed by atoms with van der Waals surface area (Å²) in [7, 11) is 1.68. The lowest BCUT2D eigenvalue weighted by Crippen LogP contribution is -2.58. The summed E-state index contributed by atoms with van der Waals surface area (Å²) in [6.45, 7) is 11.8. The van der Waals surface area contributed by atoms with Crippen molar-refractivity contribution in [2.75, 3.05) is 66.1 Å². The lowest BCUT2D eigenvalue weighted by Gasteiger charge is -2.40. The van der Waals surface area contributed by atoms with Gasteiger partial charge in [-0.05, 0) is 12.0 Å². The lowest BCUT2D eigenvalue weighted by atomic mass is 9.70. The quantitative estimate of drug-likeness (QED) is 0.272. The molecule has 11 heteroatoms. The van der Waals surface area contributed by atoms with E-state index in [4.69, 9.17) is 9.47 Å². The Kier molecular flexibility index (Phi) is 9.53. The van der Waals surface area contributed by atoms with Crippen molar-refractivity contribution in [3.8, 4) is 0 Å². The molecule has 4 aliphatic heterocycles. The number of carbonyl (C=O) groups is 3. The SMILES string of the molecule is C=CCN(C)C(=O)[C@H]1[C@@H]2OC3(CC2Br)C(C(=O)N(CC=C)CCN2CCOCC2)N([C@H](CO)c2ccccc2)C(=O)[C@H]13. The van der Waals surface area contributed by atoms with Crippen LogP contribution in [-0.2, 0) is 23.9 Å². The van der Waals surface area contributed by atoms with Crippen LogP contribution in [0.3, 0.4) is 0 Å². The third kappa shape index (κ3) is 5.34. The Labute approximate surface area is 256 Å². The standard InChI is InChI=1S/C31H41BrN4O6/c1-4-11-33(3)28(38)24-25-29(39)36(23(20-37)21-9-7-6-8-10-21)27(31(25)19-22(32)26(24)42-31)30(40)35(12-5-2)14-13-34-15-17-41-18-16-34/h4-10,22-27,37H,1-2,11-20H2,3H3/t22?,23-,24-,25+,26-,27?,31?/m1/s1. The molecule has 1 N–H and O–H groups in total. The normalized spacial score (nSPS) is 31.1. The van der Waals surface area contributed by atoms with Gasteiger partial charge in [0, 0.05) is 51.1 Å². The number of nitrogens with zero attached hydrogens (tertiary/aromatic N) is 4. The zero-order valence-electron chi connectivity index (χ0n) is 24.1. The summed E-state index contributed by atoms with van der Waals surface area (Å²) in [6.07, 6.45) is 3.17. The van der Waals surface area contributed by atoms with Crippen LogP contribution in [0.15, 0.2) is 55.6 Å². The summed E-state index contributed by atoms with van der Waals surface area (Å²) in [5, 5.41) is 10.7. The van der Waals surface area contributed by atoms with E-state index in [-0.39, 0.29) is 29.2 Å². The molecule has 10 nitrogen and oxygen atoms in total. The van der Waals surface area contributed by atoms with E-state index in [1.807, 2.05) is 30.3 Å². The molecule has 4 saturated heterocycles. The van der Waals surface area contributed by atoms with Crippen LogP contribution in [0.5, 0.6) is 0 Å². The zero-order chi connectivity index (χ0) is 30.0. The molecule has 1 aromatic carbocycles. The van der Waals surface area contributed by atoms with E-state index >= 15 is 0 Å². The third-order valence-electron chi connectivity index (χ3n) is 9.17. The summed E-state index contributed by atoms with van der Waals surface area (Å²) < 4.78 is 12.2. The number of ether oxygens (including phenoxy) is 2. The molecule has 4 aliphatic rings. The van der Waals surface area contributed by atoms with Gasteiger partial charge in [0.05, 0.1) is 43.8 Å². The maximum atomic E-state index is 14.7. The fraction of sp³-hybridized carbons (Fsp3) is 0.581. The molecule has 3 unspecified atom stereocenters. The van der Waals surface area contributed by atoms with Gasteiger partial charge < -0.3 is 29.3 Å². The number of amides is 3. The first-order chi connectivity index (χ1) is 20.3. The number of carbonyl (C=O) groups excluding carboxylic acids is 3. The predicted octanol–water partition coefficient (Wildman–Crippen LogP) is 1.46. The summed E-state index contributed by atoms with van der Waals surface area (Å²) in [5.41, 5.74) is -0.508. The van der Waals surface area contributed by atoms with Crippen molar-refractivity contribution in [1.29, 1.82) is 0 Å². The molecule has 0 aliphatic carbocycles. The van der Waals surface area contributed by atoms with Crippen molar-refractivity contribution in [1.82, 2.24) is 19.6 Å². The van der Waals surface area contributed by atoms with Gasteiger partial charge in [-0.15, -0.1) is 13.2 Å². The second-order valence-electron chi connectivity index (χ2n) is 11.6. The fourth-order valence-corrected chi connectivity index (χ4v) is 8.18. The average Bonchev–Trinajstić information content (AvgIpc) is 3.59. The Morgan fingerprint density at radius 2 is 1.86 bits per heavy atom. The van der Waals surface area contributed by atoms with Gasteiger partial charge in [0.1, 0.15) is 11.6 Å². The highest BCUT2D eigenvalue weighted by Crippen LogP contribution is 2.61. The van der Waals surface area contributed by atoms with E-state index in [9.17, 15) is 19.5 Å². The van der Waals surface area contributed by atoms with Crippen LogP contribution >= 0.6 is 15.9 Å². The number of hydrogen-bond donors (Lipinski definition) is 1. The summed E-state index contributed by atoms with van der Waals surface area (Å²) >= 11 is 3.73. The largest absolute Gasteiger partial charge is 0.394 e. The second-order valence-corrected chi connectivity index (χ2v) is 12.7. The number of halogens is 1. The number of rotatable bonds is 12. The molecule has 5 rings (SSSR count). The maximum Gasteiger partial charge on any atom is 0.248 e. The minimum Gasteiger partial charge on any atom is -0.394 e. The Morgan fingerprint density at radius 1 is 1.17 bits per heavy atom. The number of hydrogen-bond acceptors (Lipinski definition) is 7. The number of benzene rings is 1. The minimum atomic E-state index is -1.22. The molecule has 1 spiro atoms. The Morgan fingerprint density at radius 3 is 2.50 bits per heavy atom. The molecule has 0 aromatic heterocycles. The van der Waals surface area contributed by atoms with Crippen LogP contribution < -0.4 is 0 Å².